The Morgan fingerprint density at radius 1 is 0.481 bits per heavy atom. The molecule has 0 aliphatic carbocycles. The summed E-state index contributed by atoms with van der Waals surface area (Å²) in [5.41, 5.74) is 0. The number of hydrogen-bond donors (Lipinski definition) is 1. The molecule has 8 nitrogen and oxygen atoms in total. The summed E-state index contributed by atoms with van der Waals surface area (Å²) < 4.78 is 16.2. The minimum atomic E-state index is -0.170. The third-order valence-electron chi connectivity index (χ3n) is 10.2. The smallest absolute Gasteiger partial charge is 0.306 e. The number of carbonyl (C=O) groups excluding carboxylic acids is 3. The van der Waals surface area contributed by atoms with E-state index in [2.05, 4.69) is 23.5 Å². The van der Waals surface area contributed by atoms with Gasteiger partial charge in [0.25, 0.3) is 0 Å². The van der Waals surface area contributed by atoms with E-state index in [4.69, 9.17) is 9.47 Å². The van der Waals surface area contributed by atoms with Crippen LogP contribution < -0.4 is 0 Å². The summed E-state index contributed by atoms with van der Waals surface area (Å²) >= 11 is 0. The Balaban J connectivity index is 4.00. The molecule has 0 aromatic carbocycles. The number of nitrogens with zero attached hydrogens (tertiary/aromatic N) is 1. The number of esters is 3. The first-order valence-electron chi connectivity index (χ1n) is 22.1. The standard InChI is InChI=1S/C44H85NO7/c1-5-7-9-11-15-23-31-41(32-24-16-12-10-8-6-2)52-44(49)35-26-18-14-20-29-37-45(38-39-46)36-28-19-13-17-25-34-43(48)51-40(3)30-22-21-27-33-42(47)50-4/h40-41,46H,5-39H2,1-4H3. The Morgan fingerprint density at radius 2 is 0.865 bits per heavy atom. The van der Waals surface area contributed by atoms with Gasteiger partial charge < -0.3 is 24.2 Å². The van der Waals surface area contributed by atoms with Crippen LogP contribution in [0.4, 0.5) is 0 Å². The highest BCUT2D eigenvalue weighted by atomic mass is 16.5. The van der Waals surface area contributed by atoms with Gasteiger partial charge in [0.05, 0.1) is 19.8 Å². The lowest BCUT2D eigenvalue weighted by Gasteiger charge is -2.21. The van der Waals surface area contributed by atoms with Gasteiger partial charge in [0, 0.05) is 25.8 Å². The lowest BCUT2D eigenvalue weighted by atomic mass is 10.0. The normalized spacial score (nSPS) is 12.1. The summed E-state index contributed by atoms with van der Waals surface area (Å²) in [6.45, 7) is 9.38. The highest BCUT2D eigenvalue weighted by Gasteiger charge is 2.15. The third kappa shape index (κ3) is 35.4. The van der Waals surface area contributed by atoms with Crippen molar-refractivity contribution in [3.8, 4) is 0 Å². The maximum absolute atomic E-state index is 12.7. The molecule has 0 aliphatic rings. The first kappa shape index (κ1) is 50.3. The van der Waals surface area contributed by atoms with Gasteiger partial charge in [-0.25, -0.2) is 0 Å². The summed E-state index contributed by atoms with van der Waals surface area (Å²) in [4.78, 5) is 38.4. The molecule has 1 N–H and O–H groups in total. The second kappa shape index (κ2) is 39.0. The summed E-state index contributed by atoms with van der Waals surface area (Å²) in [5, 5.41) is 9.55. The molecule has 0 bridgehead atoms. The number of rotatable bonds is 40. The van der Waals surface area contributed by atoms with Crippen LogP contribution in [0.15, 0.2) is 0 Å². The fourth-order valence-electron chi connectivity index (χ4n) is 6.88. The molecule has 8 heteroatoms. The molecule has 0 aromatic heterocycles. The molecule has 0 aromatic rings. The van der Waals surface area contributed by atoms with Crippen LogP contribution in [0.1, 0.15) is 220 Å². The molecule has 0 saturated heterocycles. The van der Waals surface area contributed by atoms with Crippen LogP contribution in [-0.2, 0) is 28.6 Å². The summed E-state index contributed by atoms with van der Waals surface area (Å²) in [5.74, 6) is -0.276. The van der Waals surface area contributed by atoms with Gasteiger partial charge in [0.15, 0.2) is 0 Å². The molecule has 0 fully saturated rings. The Labute approximate surface area is 321 Å². The highest BCUT2D eigenvalue weighted by Crippen LogP contribution is 2.19. The van der Waals surface area contributed by atoms with Gasteiger partial charge in [-0.3, -0.25) is 14.4 Å². The van der Waals surface area contributed by atoms with Crippen molar-refractivity contribution in [1.29, 1.82) is 0 Å². The predicted molar refractivity (Wildman–Crippen MR) is 215 cm³/mol. The van der Waals surface area contributed by atoms with E-state index in [9.17, 15) is 19.5 Å². The van der Waals surface area contributed by atoms with Crippen LogP contribution >= 0.6 is 0 Å². The molecule has 0 rings (SSSR count). The minimum absolute atomic E-state index is 0.00224. The molecule has 0 saturated carbocycles. The van der Waals surface area contributed by atoms with Crippen molar-refractivity contribution in [1.82, 2.24) is 4.90 Å². The molecule has 0 amide bonds. The summed E-state index contributed by atoms with van der Waals surface area (Å²) in [6, 6.07) is 0. The van der Waals surface area contributed by atoms with Crippen molar-refractivity contribution >= 4 is 17.9 Å². The Kier molecular flexibility index (Phi) is 37.8. The van der Waals surface area contributed by atoms with Gasteiger partial charge in [-0.05, 0) is 90.6 Å². The fourth-order valence-corrected chi connectivity index (χ4v) is 6.88. The minimum Gasteiger partial charge on any atom is -0.469 e. The molecule has 0 radical (unpaired) electrons. The predicted octanol–water partition coefficient (Wildman–Crippen LogP) is 11.4. The van der Waals surface area contributed by atoms with Gasteiger partial charge in [0.2, 0.25) is 0 Å². The quantitative estimate of drug-likeness (QED) is 0.0376. The van der Waals surface area contributed by atoms with Crippen LogP contribution in [0.3, 0.4) is 0 Å². The Bertz CT molecular complexity index is 791. The van der Waals surface area contributed by atoms with E-state index >= 15 is 0 Å². The molecule has 0 heterocycles. The van der Waals surface area contributed by atoms with E-state index in [1.165, 1.54) is 84.2 Å². The van der Waals surface area contributed by atoms with Crippen molar-refractivity contribution in [3.63, 3.8) is 0 Å². The fraction of sp³-hybridized carbons (Fsp3) is 0.932. The second-order valence-corrected chi connectivity index (χ2v) is 15.3. The lowest BCUT2D eigenvalue weighted by molar-refractivity contribution is -0.150. The average molecular weight is 740 g/mol. The van der Waals surface area contributed by atoms with E-state index in [0.29, 0.717) is 19.3 Å². The number of unbranched alkanes of at least 4 members (excludes halogenated alkanes) is 20. The molecule has 0 spiro atoms. The Hall–Kier alpha value is -1.67. The van der Waals surface area contributed by atoms with Crippen molar-refractivity contribution in [2.75, 3.05) is 33.4 Å². The lowest BCUT2D eigenvalue weighted by Crippen LogP contribution is -2.29. The zero-order chi connectivity index (χ0) is 38.3. The largest absolute Gasteiger partial charge is 0.469 e. The molecule has 1 unspecified atom stereocenters. The molecular weight excluding hydrogens is 654 g/mol. The van der Waals surface area contributed by atoms with Crippen LogP contribution in [0.5, 0.6) is 0 Å². The topological polar surface area (TPSA) is 102 Å². The summed E-state index contributed by atoms with van der Waals surface area (Å²) in [7, 11) is 1.41. The van der Waals surface area contributed by atoms with Crippen LogP contribution in [-0.4, -0.2) is 73.5 Å². The van der Waals surface area contributed by atoms with E-state index in [-0.39, 0.29) is 36.7 Å². The van der Waals surface area contributed by atoms with Crippen molar-refractivity contribution in [3.05, 3.63) is 0 Å². The van der Waals surface area contributed by atoms with Crippen molar-refractivity contribution in [2.45, 2.75) is 232 Å². The zero-order valence-corrected chi connectivity index (χ0v) is 34.7. The first-order valence-corrected chi connectivity index (χ1v) is 22.1. The van der Waals surface area contributed by atoms with Gasteiger partial charge in [-0.15, -0.1) is 0 Å². The first-order chi connectivity index (χ1) is 25.4. The average Bonchev–Trinajstić information content (AvgIpc) is 3.12. The van der Waals surface area contributed by atoms with E-state index < -0.39 is 0 Å². The molecule has 0 aliphatic heterocycles. The van der Waals surface area contributed by atoms with E-state index in [1.807, 2.05) is 6.92 Å². The molecular formula is C44H85NO7. The van der Waals surface area contributed by atoms with Gasteiger partial charge in [0.1, 0.15) is 6.10 Å². The highest BCUT2D eigenvalue weighted by molar-refractivity contribution is 5.70. The second-order valence-electron chi connectivity index (χ2n) is 15.3. The number of ether oxygens (including phenoxy) is 3. The number of aliphatic hydroxyl groups excluding tert-OH is 1. The zero-order valence-electron chi connectivity index (χ0n) is 34.7. The molecule has 52 heavy (non-hydrogen) atoms. The van der Waals surface area contributed by atoms with Crippen molar-refractivity contribution in [2.24, 2.45) is 0 Å². The maximum Gasteiger partial charge on any atom is 0.306 e. The SMILES string of the molecule is CCCCCCCCC(CCCCCCCC)OC(=O)CCCCCCCN(CCO)CCCCCCCC(=O)OC(C)CCCCCC(=O)OC. The van der Waals surface area contributed by atoms with Crippen LogP contribution in [0.25, 0.3) is 0 Å². The van der Waals surface area contributed by atoms with Gasteiger partial charge >= 0.3 is 17.9 Å². The third-order valence-corrected chi connectivity index (χ3v) is 10.2. The van der Waals surface area contributed by atoms with E-state index in [1.54, 1.807) is 0 Å². The number of carbonyl (C=O) groups is 3. The van der Waals surface area contributed by atoms with E-state index in [0.717, 1.165) is 122 Å². The maximum atomic E-state index is 12.7. The van der Waals surface area contributed by atoms with Crippen LogP contribution in [0.2, 0.25) is 0 Å². The number of methoxy groups -OCH3 is 1. The van der Waals surface area contributed by atoms with Crippen LogP contribution in [0, 0.1) is 0 Å². The number of aliphatic hydroxyl groups is 1. The van der Waals surface area contributed by atoms with Gasteiger partial charge in [-0.2, -0.15) is 0 Å². The van der Waals surface area contributed by atoms with Crippen molar-refractivity contribution < 1.29 is 33.7 Å². The molecule has 308 valence electrons. The van der Waals surface area contributed by atoms with Gasteiger partial charge in [-0.1, -0.05) is 123 Å². The monoisotopic (exact) mass is 740 g/mol. The number of hydrogen-bond acceptors (Lipinski definition) is 8. The summed E-state index contributed by atoms with van der Waals surface area (Å²) in [6.07, 6.45) is 33.0. The molecule has 1 atom stereocenters. The Morgan fingerprint density at radius 3 is 1.35 bits per heavy atom.